The zero-order valence-electron chi connectivity index (χ0n) is 16.8. The normalized spacial score (nSPS) is 16.7. The number of carbonyl (C=O) groups excluding carboxylic acids is 1. The molecular weight excluding hydrogens is 395 g/mol. The number of hydrogen-bond donors (Lipinski definition) is 2. The third-order valence-electron chi connectivity index (χ3n) is 5.13. The summed E-state index contributed by atoms with van der Waals surface area (Å²) < 4.78 is 40.6. The molecule has 0 spiro atoms. The minimum atomic E-state index is -4.72. The summed E-state index contributed by atoms with van der Waals surface area (Å²) in [7, 11) is 0. The quantitative estimate of drug-likeness (QED) is 0.716. The first-order valence-electron chi connectivity index (χ1n) is 9.97. The molecular formula is C22H26F3N3O2. The molecule has 1 aliphatic rings. The molecule has 2 aromatic rings. The van der Waals surface area contributed by atoms with Gasteiger partial charge >= 0.3 is 12.4 Å². The van der Waals surface area contributed by atoms with Gasteiger partial charge in [0.1, 0.15) is 5.75 Å². The van der Waals surface area contributed by atoms with Crippen LogP contribution in [0.5, 0.6) is 5.75 Å². The third kappa shape index (κ3) is 6.95. The molecule has 0 aromatic heterocycles. The number of likely N-dealkylation sites (tertiary alicyclic amines) is 1. The summed E-state index contributed by atoms with van der Waals surface area (Å²) >= 11 is 0. The molecule has 1 heterocycles. The van der Waals surface area contributed by atoms with E-state index >= 15 is 0 Å². The van der Waals surface area contributed by atoms with Crippen LogP contribution in [0.15, 0.2) is 54.6 Å². The van der Waals surface area contributed by atoms with Crippen LogP contribution in [0.3, 0.4) is 0 Å². The van der Waals surface area contributed by atoms with Crippen LogP contribution in [-0.2, 0) is 6.54 Å². The van der Waals surface area contributed by atoms with E-state index in [1.165, 1.54) is 29.8 Å². The van der Waals surface area contributed by atoms with Crippen molar-refractivity contribution in [1.82, 2.24) is 15.5 Å². The highest BCUT2D eigenvalue weighted by atomic mass is 19.4. The van der Waals surface area contributed by atoms with E-state index in [0.29, 0.717) is 5.56 Å². The predicted octanol–water partition coefficient (Wildman–Crippen LogP) is 4.61. The Balaban J connectivity index is 1.41. The van der Waals surface area contributed by atoms with Gasteiger partial charge in [0.25, 0.3) is 0 Å². The van der Waals surface area contributed by atoms with Crippen LogP contribution in [0.1, 0.15) is 36.9 Å². The Labute approximate surface area is 174 Å². The Morgan fingerprint density at radius 2 is 1.73 bits per heavy atom. The summed E-state index contributed by atoms with van der Waals surface area (Å²) in [4.78, 5) is 14.7. The first-order valence-corrected chi connectivity index (χ1v) is 9.97. The maximum Gasteiger partial charge on any atom is 0.573 e. The second-order valence-corrected chi connectivity index (χ2v) is 7.49. The van der Waals surface area contributed by atoms with Crippen molar-refractivity contribution < 1.29 is 22.7 Å². The fraction of sp³-hybridized carbons (Fsp3) is 0.409. The highest BCUT2D eigenvalue weighted by Crippen LogP contribution is 2.24. The van der Waals surface area contributed by atoms with Crippen LogP contribution in [0.4, 0.5) is 18.0 Å². The second kappa shape index (κ2) is 9.84. The van der Waals surface area contributed by atoms with Gasteiger partial charge in [-0.25, -0.2) is 4.79 Å². The third-order valence-corrected chi connectivity index (χ3v) is 5.13. The maximum absolute atomic E-state index is 12.3. The minimum Gasteiger partial charge on any atom is -0.406 e. The molecule has 8 heteroatoms. The molecule has 162 valence electrons. The lowest BCUT2D eigenvalue weighted by Gasteiger charge is -2.32. The molecule has 2 N–H and O–H groups in total. The molecule has 3 rings (SSSR count). The average molecular weight is 421 g/mol. The maximum atomic E-state index is 12.3. The first-order chi connectivity index (χ1) is 14.3. The highest BCUT2D eigenvalue weighted by molar-refractivity contribution is 5.74. The highest BCUT2D eigenvalue weighted by Gasteiger charge is 2.31. The standard InChI is InChI=1S/C22H26F3N3O2/c1-16(18-7-9-20(10-8-18)30-22(23,24)25)26-21(29)27-19-11-13-28(14-12-19)15-17-5-3-2-4-6-17/h2-10,16,19H,11-15H2,1H3,(H2,26,27,29). The zero-order valence-corrected chi connectivity index (χ0v) is 16.8. The van der Waals surface area contributed by atoms with Gasteiger partial charge in [0, 0.05) is 25.7 Å². The van der Waals surface area contributed by atoms with Crippen molar-refractivity contribution in [3.63, 3.8) is 0 Å². The fourth-order valence-electron chi connectivity index (χ4n) is 3.54. The second-order valence-electron chi connectivity index (χ2n) is 7.49. The van der Waals surface area contributed by atoms with Gasteiger partial charge in [-0.15, -0.1) is 13.2 Å². The van der Waals surface area contributed by atoms with Crippen LogP contribution >= 0.6 is 0 Å². The molecule has 1 atom stereocenters. The number of halogens is 3. The van der Waals surface area contributed by atoms with Crippen molar-refractivity contribution in [2.75, 3.05) is 13.1 Å². The lowest BCUT2D eigenvalue weighted by atomic mass is 10.0. The van der Waals surface area contributed by atoms with E-state index < -0.39 is 6.36 Å². The van der Waals surface area contributed by atoms with Gasteiger partial charge in [0.2, 0.25) is 0 Å². The number of nitrogens with zero attached hydrogens (tertiary/aromatic N) is 1. The number of ether oxygens (including phenoxy) is 1. The van der Waals surface area contributed by atoms with Crippen LogP contribution in [0.2, 0.25) is 0 Å². The Morgan fingerprint density at radius 1 is 1.10 bits per heavy atom. The molecule has 30 heavy (non-hydrogen) atoms. The number of urea groups is 1. The molecule has 5 nitrogen and oxygen atoms in total. The summed E-state index contributed by atoms with van der Waals surface area (Å²) in [5.74, 6) is -0.287. The zero-order chi connectivity index (χ0) is 21.6. The van der Waals surface area contributed by atoms with Gasteiger partial charge in [0.05, 0.1) is 6.04 Å². The number of amides is 2. The number of rotatable bonds is 6. The van der Waals surface area contributed by atoms with E-state index in [9.17, 15) is 18.0 Å². The lowest BCUT2D eigenvalue weighted by molar-refractivity contribution is -0.274. The molecule has 0 radical (unpaired) electrons. The Hall–Kier alpha value is -2.74. The Bertz CT molecular complexity index is 805. The van der Waals surface area contributed by atoms with Crippen molar-refractivity contribution in [2.45, 2.75) is 44.8 Å². The van der Waals surface area contributed by atoms with E-state index in [2.05, 4.69) is 32.4 Å². The van der Waals surface area contributed by atoms with Crippen molar-refractivity contribution >= 4 is 6.03 Å². The molecule has 1 aliphatic heterocycles. The number of piperidine rings is 1. The van der Waals surface area contributed by atoms with E-state index in [1.54, 1.807) is 6.92 Å². The van der Waals surface area contributed by atoms with Crippen molar-refractivity contribution in [1.29, 1.82) is 0 Å². The van der Waals surface area contributed by atoms with Gasteiger partial charge in [0.15, 0.2) is 0 Å². The molecule has 0 saturated carbocycles. The monoisotopic (exact) mass is 421 g/mol. The van der Waals surface area contributed by atoms with E-state index in [1.807, 2.05) is 18.2 Å². The van der Waals surface area contributed by atoms with E-state index in [0.717, 1.165) is 32.5 Å². The summed E-state index contributed by atoms with van der Waals surface area (Å²) in [6, 6.07) is 15.3. The SMILES string of the molecule is CC(NC(=O)NC1CCN(Cc2ccccc2)CC1)c1ccc(OC(F)(F)F)cc1. The largest absolute Gasteiger partial charge is 0.573 e. The van der Waals surface area contributed by atoms with E-state index in [-0.39, 0.29) is 23.9 Å². The smallest absolute Gasteiger partial charge is 0.406 e. The predicted molar refractivity (Wildman–Crippen MR) is 108 cm³/mol. The van der Waals surface area contributed by atoms with E-state index in [4.69, 9.17) is 0 Å². The molecule has 1 fully saturated rings. The van der Waals surface area contributed by atoms with Gasteiger partial charge in [-0.1, -0.05) is 42.5 Å². The summed E-state index contributed by atoms with van der Waals surface area (Å²) in [5, 5.41) is 5.83. The molecule has 0 bridgehead atoms. The van der Waals surface area contributed by atoms with Crippen LogP contribution in [0.25, 0.3) is 0 Å². The van der Waals surface area contributed by atoms with Crippen LogP contribution in [-0.4, -0.2) is 36.4 Å². The summed E-state index contributed by atoms with van der Waals surface area (Å²) in [5.41, 5.74) is 1.97. The Morgan fingerprint density at radius 3 is 2.33 bits per heavy atom. The first kappa shape index (κ1) is 22.0. The number of alkyl halides is 3. The van der Waals surface area contributed by atoms with Crippen molar-refractivity contribution in [3.05, 3.63) is 65.7 Å². The fourth-order valence-corrected chi connectivity index (χ4v) is 3.54. The van der Waals surface area contributed by atoms with Gasteiger partial charge in [-0.2, -0.15) is 0 Å². The van der Waals surface area contributed by atoms with Crippen LogP contribution < -0.4 is 15.4 Å². The number of nitrogens with one attached hydrogen (secondary N) is 2. The summed E-state index contributed by atoms with van der Waals surface area (Å²) in [6.07, 6.45) is -2.97. The number of benzene rings is 2. The molecule has 2 aromatic carbocycles. The molecule has 2 amide bonds. The van der Waals surface area contributed by atoms with Gasteiger partial charge in [-0.05, 0) is 43.0 Å². The average Bonchev–Trinajstić information content (AvgIpc) is 2.69. The topological polar surface area (TPSA) is 53.6 Å². The van der Waals surface area contributed by atoms with Crippen molar-refractivity contribution in [3.8, 4) is 5.75 Å². The van der Waals surface area contributed by atoms with Crippen LogP contribution in [0, 0.1) is 0 Å². The molecule has 1 saturated heterocycles. The minimum absolute atomic E-state index is 0.104. The van der Waals surface area contributed by atoms with Crippen molar-refractivity contribution in [2.24, 2.45) is 0 Å². The summed E-state index contributed by atoms with van der Waals surface area (Å²) in [6.45, 7) is 4.51. The van der Waals surface area contributed by atoms with Gasteiger partial charge in [-0.3, -0.25) is 4.90 Å². The molecule has 1 unspecified atom stereocenters. The number of hydrogen-bond acceptors (Lipinski definition) is 3. The van der Waals surface area contributed by atoms with Gasteiger partial charge < -0.3 is 15.4 Å². The molecule has 0 aliphatic carbocycles. The Kier molecular flexibility index (Phi) is 7.20. The number of carbonyl (C=O) groups is 1. The lowest BCUT2D eigenvalue weighted by Crippen LogP contribution is -2.48.